The van der Waals surface area contributed by atoms with E-state index in [-0.39, 0.29) is 12.3 Å². The molecule has 0 saturated carbocycles. The molecule has 0 N–H and O–H groups in total. The molecule has 13 rings (SSSR count). The maximum Gasteiger partial charge on any atom is 0.333 e. The summed E-state index contributed by atoms with van der Waals surface area (Å²) in [6, 6.07) is 59.5. The van der Waals surface area contributed by atoms with E-state index in [0.717, 1.165) is 71.9 Å². The number of nitrogens with zero attached hydrogens (tertiary/aromatic N) is 2. The van der Waals surface area contributed by atoms with E-state index in [1.165, 1.54) is 44.7 Å². The van der Waals surface area contributed by atoms with Crippen LogP contribution in [-0.4, -0.2) is 6.85 Å². The van der Waals surface area contributed by atoms with Gasteiger partial charge < -0.3 is 18.5 Å². The van der Waals surface area contributed by atoms with Crippen LogP contribution in [0, 0.1) is 0 Å². The van der Waals surface area contributed by atoms with Gasteiger partial charge in [0.2, 0.25) is 0 Å². The fourth-order valence-electron chi connectivity index (χ4n) is 10.3. The van der Waals surface area contributed by atoms with Crippen molar-refractivity contribution in [3.05, 3.63) is 175 Å². The highest BCUT2D eigenvalue weighted by molar-refractivity contribution is 6.94. The summed E-state index contributed by atoms with van der Waals surface area (Å²) >= 11 is 0. The number of rotatable bonds is 2. The number of hydrogen-bond donors (Lipinski definition) is 0. The minimum atomic E-state index is -0.216. The minimum Gasteiger partial charge on any atom is -0.455 e. The summed E-state index contributed by atoms with van der Waals surface area (Å²) in [5, 5.41) is 4.48. The fourth-order valence-corrected chi connectivity index (χ4v) is 10.3. The van der Waals surface area contributed by atoms with Gasteiger partial charge in [0, 0.05) is 55.1 Å². The van der Waals surface area contributed by atoms with E-state index in [1.807, 2.05) is 0 Å². The highest BCUT2D eigenvalue weighted by atomic mass is 16.3. The minimum absolute atomic E-state index is 0.182. The van der Waals surface area contributed by atoms with Gasteiger partial charge >= 0.3 is 6.85 Å². The molecule has 0 fully saturated rings. The number of hydrogen-bond acceptors (Lipinski definition) is 4. The first kappa shape index (κ1) is 30.4. The lowest BCUT2D eigenvalue weighted by molar-refractivity contribution is 0.632. The maximum atomic E-state index is 7.02. The molecular weight excluding hydrogens is 683 g/mol. The van der Waals surface area contributed by atoms with Gasteiger partial charge in [-0.3, -0.25) is 0 Å². The van der Waals surface area contributed by atoms with Crippen LogP contribution >= 0.6 is 0 Å². The van der Waals surface area contributed by atoms with Crippen molar-refractivity contribution in [1.82, 2.24) is 0 Å². The van der Waals surface area contributed by atoms with Crippen molar-refractivity contribution in [2.75, 3.05) is 9.71 Å². The average Bonchev–Trinajstić information content (AvgIpc) is 3.82. The van der Waals surface area contributed by atoms with Gasteiger partial charge in [-0.25, -0.2) is 0 Å². The third kappa shape index (κ3) is 3.75. The van der Waals surface area contributed by atoms with Gasteiger partial charge in [0.05, 0.1) is 11.4 Å². The molecule has 56 heavy (non-hydrogen) atoms. The molecule has 262 valence electrons. The molecule has 0 spiro atoms. The van der Waals surface area contributed by atoms with Crippen LogP contribution in [-0.2, 0) is 5.41 Å². The summed E-state index contributed by atoms with van der Waals surface area (Å²) in [4.78, 5) is 5.13. The lowest BCUT2D eigenvalue weighted by Gasteiger charge is -2.50. The third-order valence-corrected chi connectivity index (χ3v) is 12.8. The first-order chi connectivity index (χ1) is 27.6. The quantitative estimate of drug-likeness (QED) is 0.167. The zero-order valence-electron chi connectivity index (χ0n) is 30.9. The fraction of sp³-hybridized carbons (Fsp3) is 0.0588. The van der Waals surface area contributed by atoms with Gasteiger partial charge in [0.1, 0.15) is 16.7 Å². The van der Waals surface area contributed by atoms with Crippen LogP contribution in [0.2, 0.25) is 0 Å². The van der Waals surface area contributed by atoms with E-state index in [9.17, 15) is 0 Å². The van der Waals surface area contributed by atoms with Crippen LogP contribution in [0.5, 0.6) is 0 Å². The standard InChI is InChI=1S/C51H33BN2O2/c1-51(2)37-19-8-9-22-41(37)53-43-29-35-33-17-7-11-25-45(33)56-50(35)46-36-28-31(30-14-4-3-5-15-30)26-27-40(36)54(52(47(43)46)39-21-13-20-38(51)48(39)53)42-23-12-18-34-32-16-6-10-24-44(32)55-49(34)42/h3-29H,1-2H3. The summed E-state index contributed by atoms with van der Waals surface area (Å²) in [6.45, 7) is 4.57. The Morgan fingerprint density at radius 2 is 1.14 bits per heavy atom. The molecule has 0 unspecified atom stereocenters. The van der Waals surface area contributed by atoms with E-state index in [0.29, 0.717) is 0 Å². The molecule has 3 aliphatic heterocycles. The Kier molecular flexibility index (Phi) is 5.76. The van der Waals surface area contributed by atoms with Crippen molar-refractivity contribution in [3.8, 4) is 22.3 Å². The molecule has 5 heterocycles. The van der Waals surface area contributed by atoms with Crippen molar-refractivity contribution < 1.29 is 8.83 Å². The van der Waals surface area contributed by atoms with E-state index >= 15 is 0 Å². The van der Waals surface area contributed by atoms with E-state index in [4.69, 9.17) is 8.83 Å². The van der Waals surface area contributed by atoms with Crippen LogP contribution in [0.1, 0.15) is 25.0 Å². The summed E-state index contributed by atoms with van der Waals surface area (Å²) < 4.78 is 13.9. The Bertz CT molecular complexity index is 3320. The highest BCUT2D eigenvalue weighted by Gasteiger charge is 2.50. The van der Waals surface area contributed by atoms with E-state index in [2.05, 4.69) is 187 Å². The number of fused-ring (bicyclic) bond motifs is 13. The lowest BCUT2D eigenvalue weighted by atomic mass is 9.42. The zero-order valence-corrected chi connectivity index (χ0v) is 30.9. The molecular formula is C51H33BN2O2. The summed E-state index contributed by atoms with van der Waals surface area (Å²) in [6.07, 6.45) is 0. The Balaban J connectivity index is 1.23. The second kappa shape index (κ2) is 10.6. The number of para-hydroxylation sites is 5. The van der Waals surface area contributed by atoms with Gasteiger partial charge in [-0.05, 0) is 75.6 Å². The molecule has 2 aromatic heterocycles. The summed E-state index contributed by atoms with van der Waals surface area (Å²) in [5.74, 6) is 0. The first-order valence-electron chi connectivity index (χ1n) is 19.5. The maximum absolute atomic E-state index is 7.02. The smallest absolute Gasteiger partial charge is 0.333 e. The van der Waals surface area contributed by atoms with Crippen LogP contribution in [0.3, 0.4) is 0 Å². The second-order valence-electron chi connectivity index (χ2n) is 16.0. The van der Waals surface area contributed by atoms with Crippen molar-refractivity contribution in [2.24, 2.45) is 0 Å². The molecule has 0 saturated heterocycles. The van der Waals surface area contributed by atoms with Crippen LogP contribution < -0.4 is 20.6 Å². The molecule has 10 aromatic rings. The first-order valence-corrected chi connectivity index (χ1v) is 19.5. The molecule has 0 bridgehead atoms. The monoisotopic (exact) mass is 716 g/mol. The van der Waals surface area contributed by atoms with Gasteiger partial charge in [-0.15, -0.1) is 0 Å². The summed E-state index contributed by atoms with van der Waals surface area (Å²) in [5.41, 5.74) is 19.0. The summed E-state index contributed by atoms with van der Waals surface area (Å²) in [7, 11) is 0. The zero-order chi connectivity index (χ0) is 36.9. The SMILES string of the molecule is CC1(C)c2ccccc2N2c3cc4c(oc5ccccc54)c4c3B(c3cccc1c32)N(c1cccc2c1oc1ccccc12)c1ccc(-c2ccccc2)cc1-4. The number of furan rings is 2. The van der Waals surface area contributed by atoms with Gasteiger partial charge in [-0.1, -0.05) is 135 Å². The molecule has 5 heteroatoms. The lowest BCUT2D eigenvalue weighted by Crippen LogP contribution is -2.62. The van der Waals surface area contributed by atoms with Crippen molar-refractivity contribution in [1.29, 1.82) is 0 Å². The number of benzene rings is 8. The van der Waals surface area contributed by atoms with E-state index < -0.39 is 0 Å². The Labute approximate surface area is 323 Å². The molecule has 0 amide bonds. The second-order valence-corrected chi connectivity index (χ2v) is 16.0. The van der Waals surface area contributed by atoms with Gasteiger partial charge in [0.15, 0.2) is 5.58 Å². The Morgan fingerprint density at radius 3 is 1.98 bits per heavy atom. The predicted octanol–water partition coefficient (Wildman–Crippen LogP) is 12.5. The van der Waals surface area contributed by atoms with Crippen molar-refractivity contribution in [3.63, 3.8) is 0 Å². The number of anilines is 5. The van der Waals surface area contributed by atoms with Crippen molar-refractivity contribution in [2.45, 2.75) is 19.3 Å². The molecule has 8 aromatic carbocycles. The van der Waals surface area contributed by atoms with Crippen LogP contribution in [0.15, 0.2) is 173 Å². The average molecular weight is 717 g/mol. The van der Waals surface area contributed by atoms with E-state index in [1.54, 1.807) is 0 Å². The molecule has 4 nitrogen and oxygen atoms in total. The topological polar surface area (TPSA) is 32.8 Å². The molecule has 0 aliphatic carbocycles. The van der Waals surface area contributed by atoms with Gasteiger partial charge in [-0.2, -0.15) is 0 Å². The Hall–Kier alpha value is -6.98. The molecule has 3 aliphatic rings. The molecule has 0 radical (unpaired) electrons. The van der Waals surface area contributed by atoms with Gasteiger partial charge in [0.25, 0.3) is 0 Å². The normalized spacial score (nSPS) is 14.6. The third-order valence-electron chi connectivity index (χ3n) is 12.8. The highest BCUT2D eigenvalue weighted by Crippen LogP contribution is 2.57. The van der Waals surface area contributed by atoms with Crippen LogP contribution in [0.4, 0.5) is 28.4 Å². The largest absolute Gasteiger partial charge is 0.455 e. The van der Waals surface area contributed by atoms with Crippen LogP contribution in [0.25, 0.3) is 66.1 Å². The molecule has 0 atom stereocenters. The predicted molar refractivity (Wildman–Crippen MR) is 232 cm³/mol. The van der Waals surface area contributed by atoms with Crippen molar-refractivity contribution >= 4 is 90.1 Å². The Morgan fingerprint density at radius 1 is 0.482 bits per heavy atom.